The van der Waals surface area contributed by atoms with Crippen molar-refractivity contribution in [1.82, 2.24) is 0 Å². The van der Waals surface area contributed by atoms with Gasteiger partial charge in [0, 0.05) is 11.5 Å². The van der Waals surface area contributed by atoms with Crippen LogP contribution in [-0.2, 0) is 9.53 Å². The van der Waals surface area contributed by atoms with Crippen molar-refractivity contribution >= 4 is 11.8 Å². The third kappa shape index (κ3) is 2.61. The summed E-state index contributed by atoms with van der Waals surface area (Å²) in [4.78, 5) is 24.2. The van der Waals surface area contributed by atoms with Crippen molar-refractivity contribution in [3.63, 3.8) is 0 Å². The highest BCUT2D eigenvalue weighted by atomic mass is 16.5. The second-order valence-electron chi connectivity index (χ2n) is 4.63. The van der Waals surface area contributed by atoms with Gasteiger partial charge in [0.25, 0.3) is 0 Å². The molecule has 1 saturated carbocycles. The molecule has 0 amide bonds. The van der Waals surface area contributed by atoms with Crippen molar-refractivity contribution in [2.24, 2.45) is 11.8 Å². The molecule has 0 bridgehead atoms. The second kappa shape index (κ2) is 5.80. The van der Waals surface area contributed by atoms with Gasteiger partial charge in [-0.05, 0) is 19.8 Å². The fourth-order valence-corrected chi connectivity index (χ4v) is 2.62. The fraction of sp³-hybridized carbons (Fsp3) is 0.467. The summed E-state index contributed by atoms with van der Waals surface area (Å²) in [5.41, 5.74) is 0.693. The van der Waals surface area contributed by atoms with E-state index in [0.717, 1.165) is 19.3 Å². The minimum atomic E-state index is -0.252. The molecule has 1 aromatic carbocycles. The Labute approximate surface area is 107 Å². The average molecular weight is 246 g/mol. The van der Waals surface area contributed by atoms with Gasteiger partial charge in [0.15, 0.2) is 5.78 Å². The molecular weight excluding hydrogens is 228 g/mol. The number of benzene rings is 1. The van der Waals surface area contributed by atoms with Gasteiger partial charge in [-0.2, -0.15) is 0 Å². The first-order chi connectivity index (χ1) is 8.74. The van der Waals surface area contributed by atoms with Crippen LogP contribution in [-0.4, -0.2) is 18.4 Å². The molecule has 1 aliphatic carbocycles. The summed E-state index contributed by atoms with van der Waals surface area (Å²) in [5, 5.41) is 0. The molecule has 2 rings (SSSR count). The van der Waals surface area contributed by atoms with Crippen LogP contribution in [0.15, 0.2) is 30.3 Å². The van der Waals surface area contributed by atoms with Crippen LogP contribution in [0, 0.1) is 11.8 Å². The van der Waals surface area contributed by atoms with Crippen LogP contribution in [0.4, 0.5) is 0 Å². The van der Waals surface area contributed by atoms with E-state index >= 15 is 0 Å². The Morgan fingerprint density at radius 3 is 2.50 bits per heavy atom. The van der Waals surface area contributed by atoms with E-state index < -0.39 is 0 Å². The molecular formula is C15H18O3. The minimum Gasteiger partial charge on any atom is -0.466 e. The fourth-order valence-electron chi connectivity index (χ4n) is 2.62. The van der Waals surface area contributed by atoms with Crippen LogP contribution in [0.5, 0.6) is 0 Å². The van der Waals surface area contributed by atoms with E-state index in [2.05, 4.69) is 0 Å². The predicted molar refractivity (Wildman–Crippen MR) is 68.2 cm³/mol. The molecule has 1 fully saturated rings. The molecule has 1 aliphatic rings. The molecule has 0 spiro atoms. The number of esters is 1. The molecule has 0 aliphatic heterocycles. The van der Waals surface area contributed by atoms with Gasteiger partial charge in [-0.25, -0.2) is 0 Å². The second-order valence-corrected chi connectivity index (χ2v) is 4.63. The molecule has 0 radical (unpaired) electrons. The Balaban J connectivity index is 2.12. The summed E-state index contributed by atoms with van der Waals surface area (Å²) in [6.07, 6.45) is 2.48. The van der Waals surface area contributed by atoms with Crippen molar-refractivity contribution in [2.45, 2.75) is 26.2 Å². The lowest BCUT2D eigenvalue weighted by atomic mass is 9.88. The van der Waals surface area contributed by atoms with Gasteiger partial charge >= 0.3 is 5.97 Å². The summed E-state index contributed by atoms with van der Waals surface area (Å²) in [6, 6.07) is 9.20. The van der Waals surface area contributed by atoms with Crippen molar-refractivity contribution in [3.8, 4) is 0 Å². The molecule has 0 unspecified atom stereocenters. The van der Waals surface area contributed by atoms with Gasteiger partial charge < -0.3 is 4.74 Å². The Kier molecular flexibility index (Phi) is 4.13. The van der Waals surface area contributed by atoms with E-state index in [1.54, 1.807) is 6.92 Å². The molecule has 3 heteroatoms. The van der Waals surface area contributed by atoms with Crippen molar-refractivity contribution in [2.75, 3.05) is 6.61 Å². The molecule has 2 atom stereocenters. The van der Waals surface area contributed by atoms with E-state index in [4.69, 9.17) is 4.74 Å². The van der Waals surface area contributed by atoms with E-state index in [1.807, 2.05) is 30.3 Å². The lowest BCUT2D eigenvalue weighted by molar-refractivity contribution is -0.148. The van der Waals surface area contributed by atoms with E-state index in [-0.39, 0.29) is 23.6 Å². The SMILES string of the molecule is CCOC(=O)[C@@H]1CCC[C@@H]1C(=O)c1ccccc1. The highest BCUT2D eigenvalue weighted by Gasteiger charge is 2.38. The number of carbonyl (C=O) groups excluding carboxylic acids is 2. The van der Waals surface area contributed by atoms with Gasteiger partial charge in [0.05, 0.1) is 12.5 Å². The van der Waals surface area contributed by atoms with Crippen LogP contribution in [0.1, 0.15) is 36.5 Å². The van der Waals surface area contributed by atoms with Crippen LogP contribution in [0.25, 0.3) is 0 Å². The number of ketones is 1. The first-order valence-corrected chi connectivity index (χ1v) is 6.50. The third-order valence-electron chi connectivity index (χ3n) is 3.50. The highest BCUT2D eigenvalue weighted by Crippen LogP contribution is 2.35. The number of Topliss-reactive ketones (excluding diaryl/α,β-unsaturated/α-hetero) is 1. The zero-order chi connectivity index (χ0) is 13.0. The molecule has 18 heavy (non-hydrogen) atoms. The van der Waals surface area contributed by atoms with Gasteiger partial charge in [0.2, 0.25) is 0 Å². The molecule has 96 valence electrons. The van der Waals surface area contributed by atoms with Crippen LogP contribution >= 0.6 is 0 Å². The quantitative estimate of drug-likeness (QED) is 0.606. The van der Waals surface area contributed by atoms with Crippen LogP contribution in [0.3, 0.4) is 0 Å². The number of hydrogen-bond donors (Lipinski definition) is 0. The maximum Gasteiger partial charge on any atom is 0.309 e. The summed E-state index contributed by atoms with van der Waals surface area (Å²) < 4.78 is 5.05. The molecule has 1 aromatic rings. The predicted octanol–water partition coefficient (Wildman–Crippen LogP) is 2.85. The number of carbonyl (C=O) groups is 2. The maximum absolute atomic E-state index is 12.4. The lowest BCUT2D eigenvalue weighted by Gasteiger charge is -2.16. The normalized spacial score (nSPS) is 22.7. The molecule has 0 N–H and O–H groups in total. The van der Waals surface area contributed by atoms with Crippen LogP contribution < -0.4 is 0 Å². The Hall–Kier alpha value is -1.64. The smallest absolute Gasteiger partial charge is 0.309 e. The van der Waals surface area contributed by atoms with Gasteiger partial charge in [0.1, 0.15) is 0 Å². The molecule has 0 saturated heterocycles. The Morgan fingerprint density at radius 2 is 1.83 bits per heavy atom. The van der Waals surface area contributed by atoms with Crippen molar-refractivity contribution < 1.29 is 14.3 Å². The van der Waals surface area contributed by atoms with E-state index in [1.165, 1.54) is 0 Å². The van der Waals surface area contributed by atoms with Gasteiger partial charge in [-0.15, -0.1) is 0 Å². The maximum atomic E-state index is 12.4. The zero-order valence-electron chi connectivity index (χ0n) is 10.6. The first kappa shape index (κ1) is 12.8. The summed E-state index contributed by atoms with van der Waals surface area (Å²) in [6.45, 7) is 2.17. The minimum absolute atomic E-state index is 0.0751. The summed E-state index contributed by atoms with van der Waals surface area (Å²) in [5.74, 6) is -0.598. The highest BCUT2D eigenvalue weighted by molar-refractivity contribution is 6.00. The molecule has 0 heterocycles. The largest absolute Gasteiger partial charge is 0.466 e. The number of hydrogen-bond acceptors (Lipinski definition) is 3. The summed E-state index contributed by atoms with van der Waals surface area (Å²) in [7, 11) is 0. The summed E-state index contributed by atoms with van der Waals surface area (Å²) >= 11 is 0. The number of rotatable bonds is 4. The molecule has 0 aromatic heterocycles. The van der Waals surface area contributed by atoms with E-state index in [0.29, 0.717) is 12.2 Å². The first-order valence-electron chi connectivity index (χ1n) is 6.50. The molecule has 3 nitrogen and oxygen atoms in total. The zero-order valence-corrected chi connectivity index (χ0v) is 10.6. The topological polar surface area (TPSA) is 43.4 Å². The monoisotopic (exact) mass is 246 g/mol. The number of ether oxygens (including phenoxy) is 1. The Bertz CT molecular complexity index is 425. The standard InChI is InChI=1S/C15H18O3/c1-2-18-15(17)13-10-6-9-12(13)14(16)11-7-4-3-5-8-11/h3-5,7-8,12-13H,2,6,9-10H2,1H3/t12-,13+/m0/s1. The third-order valence-corrected chi connectivity index (χ3v) is 3.50. The van der Waals surface area contributed by atoms with Crippen molar-refractivity contribution in [1.29, 1.82) is 0 Å². The lowest BCUT2D eigenvalue weighted by Crippen LogP contribution is -2.27. The van der Waals surface area contributed by atoms with E-state index in [9.17, 15) is 9.59 Å². The average Bonchev–Trinajstić information content (AvgIpc) is 2.88. The Morgan fingerprint density at radius 1 is 1.17 bits per heavy atom. The van der Waals surface area contributed by atoms with Crippen LogP contribution in [0.2, 0.25) is 0 Å². The van der Waals surface area contributed by atoms with Gasteiger partial charge in [-0.3, -0.25) is 9.59 Å². The van der Waals surface area contributed by atoms with Crippen molar-refractivity contribution in [3.05, 3.63) is 35.9 Å². The van der Waals surface area contributed by atoms with Gasteiger partial charge in [-0.1, -0.05) is 36.8 Å².